The summed E-state index contributed by atoms with van der Waals surface area (Å²) in [7, 11) is 0. The van der Waals surface area contributed by atoms with Crippen LogP contribution in [0.25, 0.3) is 0 Å². The zero-order chi connectivity index (χ0) is 19.8. The van der Waals surface area contributed by atoms with E-state index in [1.165, 1.54) is 12.8 Å². The number of carbonyl (C=O) groups is 2. The van der Waals surface area contributed by atoms with Crippen molar-refractivity contribution < 1.29 is 14.3 Å². The fraction of sp³-hybridized carbons (Fsp3) is 0.682. The first-order chi connectivity index (χ1) is 13.6. The van der Waals surface area contributed by atoms with E-state index < -0.39 is 0 Å². The van der Waals surface area contributed by atoms with Crippen molar-refractivity contribution in [1.29, 1.82) is 0 Å². The number of nitrogens with zero attached hydrogens (tertiary/aromatic N) is 2. The molecule has 1 aromatic rings. The summed E-state index contributed by atoms with van der Waals surface area (Å²) in [6.45, 7) is 3.65. The molecule has 2 aliphatic rings. The van der Waals surface area contributed by atoms with Gasteiger partial charge in [0.2, 0.25) is 11.8 Å². The average Bonchev–Trinajstić information content (AvgIpc) is 2.99. The Bertz CT molecular complexity index is 648. The molecular formula is C22H33N3O3. The standard InChI is InChI=1S/C22H33N3O3/c1-17-20(7-6-14-23-17)28-19-10-8-18(9-11-19)24-21(26)12-13-22(27)25-15-4-2-3-5-16-25/h6-7,14,18-19H,2-5,8-13,15-16H2,1H3,(H,24,26). The van der Waals surface area contributed by atoms with Crippen LogP contribution in [0.15, 0.2) is 18.3 Å². The Hall–Kier alpha value is -2.11. The summed E-state index contributed by atoms with van der Waals surface area (Å²) in [5.41, 5.74) is 0.909. The van der Waals surface area contributed by atoms with Gasteiger partial charge in [-0.15, -0.1) is 0 Å². The fourth-order valence-electron chi connectivity index (χ4n) is 4.10. The Labute approximate surface area is 168 Å². The lowest BCUT2D eigenvalue weighted by Crippen LogP contribution is -2.40. The van der Waals surface area contributed by atoms with Gasteiger partial charge in [-0.05, 0) is 57.6 Å². The van der Waals surface area contributed by atoms with Gasteiger partial charge in [0, 0.05) is 38.2 Å². The number of hydrogen-bond donors (Lipinski definition) is 1. The van der Waals surface area contributed by atoms with Crippen LogP contribution in [0, 0.1) is 6.92 Å². The highest BCUT2D eigenvalue weighted by Crippen LogP contribution is 2.25. The van der Waals surface area contributed by atoms with Gasteiger partial charge >= 0.3 is 0 Å². The molecule has 2 fully saturated rings. The van der Waals surface area contributed by atoms with Crippen molar-refractivity contribution in [3.05, 3.63) is 24.0 Å². The minimum atomic E-state index is -0.00403. The molecule has 6 heteroatoms. The lowest BCUT2D eigenvalue weighted by atomic mass is 9.92. The van der Waals surface area contributed by atoms with Crippen molar-refractivity contribution in [3.8, 4) is 5.75 Å². The van der Waals surface area contributed by atoms with Crippen molar-refractivity contribution in [2.24, 2.45) is 0 Å². The smallest absolute Gasteiger partial charge is 0.223 e. The van der Waals surface area contributed by atoms with Gasteiger partial charge in [0.25, 0.3) is 0 Å². The summed E-state index contributed by atoms with van der Waals surface area (Å²) in [6.07, 6.45) is 10.8. The van der Waals surface area contributed by atoms with E-state index in [4.69, 9.17) is 4.74 Å². The summed E-state index contributed by atoms with van der Waals surface area (Å²) in [4.78, 5) is 30.8. The largest absolute Gasteiger partial charge is 0.489 e. The number of pyridine rings is 1. The van der Waals surface area contributed by atoms with E-state index in [0.717, 1.165) is 63.1 Å². The highest BCUT2D eigenvalue weighted by Gasteiger charge is 2.24. The second-order valence-electron chi connectivity index (χ2n) is 8.04. The average molecular weight is 388 g/mol. The second kappa shape index (κ2) is 10.4. The van der Waals surface area contributed by atoms with Crippen LogP contribution in [0.5, 0.6) is 5.75 Å². The topological polar surface area (TPSA) is 71.5 Å². The van der Waals surface area contributed by atoms with Crippen molar-refractivity contribution in [3.63, 3.8) is 0 Å². The third-order valence-corrected chi connectivity index (χ3v) is 5.82. The molecule has 1 N–H and O–H groups in total. The number of hydrogen-bond acceptors (Lipinski definition) is 4. The summed E-state index contributed by atoms with van der Waals surface area (Å²) in [5, 5.41) is 3.11. The zero-order valence-electron chi connectivity index (χ0n) is 17.0. The van der Waals surface area contributed by atoms with E-state index in [1.807, 2.05) is 24.0 Å². The quantitative estimate of drug-likeness (QED) is 0.812. The molecule has 0 bridgehead atoms. The van der Waals surface area contributed by atoms with Gasteiger partial charge in [-0.25, -0.2) is 0 Å². The van der Waals surface area contributed by atoms with E-state index in [2.05, 4.69) is 10.3 Å². The lowest BCUT2D eigenvalue weighted by molar-refractivity contribution is -0.133. The van der Waals surface area contributed by atoms with Crippen molar-refractivity contribution in [2.75, 3.05) is 13.1 Å². The second-order valence-corrected chi connectivity index (χ2v) is 8.04. The fourth-order valence-corrected chi connectivity index (χ4v) is 4.10. The molecule has 1 saturated carbocycles. The van der Waals surface area contributed by atoms with Crippen LogP contribution < -0.4 is 10.1 Å². The third kappa shape index (κ3) is 6.21. The summed E-state index contributed by atoms with van der Waals surface area (Å²) in [6, 6.07) is 4.04. The highest BCUT2D eigenvalue weighted by molar-refractivity contribution is 5.83. The van der Waals surface area contributed by atoms with Crippen molar-refractivity contribution in [2.45, 2.75) is 83.3 Å². The van der Waals surface area contributed by atoms with Crippen LogP contribution in [-0.2, 0) is 9.59 Å². The molecule has 6 nitrogen and oxygen atoms in total. The normalized spacial score (nSPS) is 23.0. The molecular weight excluding hydrogens is 354 g/mol. The van der Waals surface area contributed by atoms with E-state index in [-0.39, 0.29) is 24.0 Å². The molecule has 2 heterocycles. The number of aromatic nitrogens is 1. The highest BCUT2D eigenvalue weighted by atomic mass is 16.5. The van der Waals surface area contributed by atoms with Crippen molar-refractivity contribution in [1.82, 2.24) is 15.2 Å². The predicted molar refractivity (Wildman–Crippen MR) is 108 cm³/mol. The van der Waals surface area contributed by atoms with Crippen molar-refractivity contribution >= 4 is 11.8 Å². The summed E-state index contributed by atoms with van der Waals surface area (Å²) in [5.74, 6) is 0.971. The number of rotatable bonds is 6. The number of amides is 2. The molecule has 28 heavy (non-hydrogen) atoms. The van der Waals surface area contributed by atoms with Crippen LogP contribution in [0.3, 0.4) is 0 Å². The molecule has 1 saturated heterocycles. The Balaban J connectivity index is 1.34. The van der Waals surface area contributed by atoms with Gasteiger partial charge in [0.15, 0.2) is 0 Å². The molecule has 1 aliphatic carbocycles. The maximum atomic E-state index is 12.3. The van der Waals surface area contributed by atoms with Gasteiger partial charge in [0.1, 0.15) is 5.75 Å². The van der Waals surface area contributed by atoms with Crippen LogP contribution >= 0.6 is 0 Å². The maximum absolute atomic E-state index is 12.3. The first-order valence-corrected chi connectivity index (χ1v) is 10.8. The number of ether oxygens (including phenoxy) is 1. The minimum Gasteiger partial charge on any atom is -0.489 e. The number of aryl methyl sites for hydroxylation is 1. The van der Waals surface area contributed by atoms with Gasteiger partial charge in [-0.2, -0.15) is 0 Å². The first kappa shape index (κ1) is 20.6. The molecule has 0 spiro atoms. The van der Waals surface area contributed by atoms with Gasteiger partial charge in [-0.1, -0.05) is 12.8 Å². The maximum Gasteiger partial charge on any atom is 0.223 e. The first-order valence-electron chi connectivity index (χ1n) is 10.8. The number of nitrogens with one attached hydrogen (secondary N) is 1. The third-order valence-electron chi connectivity index (χ3n) is 5.82. The Morgan fingerprint density at radius 1 is 1.11 bits per heavy atom. The molecule has 1 aromatic heterocycles. The van der Waals surface area contributed by atoms with Crippen LogP contribution in [0.4, 0.5) is 0 Å². The van der Waals surface area contributed by atoms with Gasteiger partial charge < -0.3 is 15.0 Å². The minimum absolute atomic E-state index is 0.00403. The van der Waals surface area contributed by atoms with E-state index in [9.17, 15) is 9.59 Å². The number of likely N-dealkylation sites (tertiary alicyclic amines) is 1. The van der Waals surface area contributed by atoms with Crippen LogP contribution in [0.1, 0.15) is 69.9 Å². The predicted octanol–water partition coefficient (Wildman–Crippen LogP) is 3.38. The molecule has 0 unspecified atom stereocenters. The Morgan fingerprint density at radius 3 is 2.50 bits per heavy atom. The van der Waals surface area contributed by atoms with E-state index >= 15 is 0 Å². The van der Waals surface area contributed by atoms with E-state index in [1.54, 1.807) is 6.20 Å². The molecule has 0 radical (unpaired) electrons. The summed E-state index contributed by atoms with van der Waals surface area (Å²) >= 11 is 0. The molecule has 3 rings (SSSR count). The SMILES string of the molecule is Cc1ncccc1OC1CCC(NC(=O)CCC(=O)N2CCCCCC2)CC1. The molecule has 0 atom stereocenters. The summed E-state index contributed by atoms with van der Waals surface area (Å²) < 4.78 is 6.07. The van der Waals surface area contributed by atoms with Gasteiger partial charge in [-0.3, -0.25) is 14.6 Å². The molecule has 2 amide bonds. The Morgan fingerprint density at radius 2 is 1.82 bits per heavy atom. The monoisotopic (exact) mass is 387 g/mol. The number of carbonyl (C=O) groups excluding carboxylic acids is 2. The Kier molecular flexibility index (Phi) is 7.69. The molecule has 0 aromatic carbocycles. The lowest BCUT2D eigenvalue weighted by Gasteiger charge is -2.30. The molecule has 1 aliphatic heterocycles. The van der Waals surface area contributed by atoms with Crippen LogP contribution in [0.2, 0.25) is 0 Å². The molecule has 154 valence electrons. The van der Waals surface area contributed by atoms with Crippen LogP contribution in [-0.4, -0.2) is 46.9 Å². The van der Waals surface area contributed by atoms with E-state index in [0.29, 0.717) is 12.8 Å². The van der Waals surface area contributed by atoms with Gasteiger partial charge in [0.05, 0.1) is 11.8 Å². The zero-order valence-corrected chi connectivity index (χ0v) is 17.0.